The van der Waals surface area contributed by atoms with Crippen molar-refractivity contribution < 1.29 is 27.1 Å². The van der Waals surface area contributed by atoms with Crippen LogP contribution >= 0.6 is 0 Å². The molecule has 0 unspecified atom stereocenters. The van der Waals surface area contributed by atoms with Gasteiger partial charge in [0.15, 0.2) is 11.0 Å². The van der Waals surface area contributed by atoms with E-state index in [0.29, 0.717) is 5.56 Å². The van der Waals surface area contributed by atoms with E-state index in [0.717, 1.165) is 12.1 Å². The summed E-state index contributed by atoms with van der Waals surface area (Å²) >= 11 is 0. The molecule has 0 fully saturated rings. The van der Waals surface area contributed by atoms with Gasteiger partial charge in [-0.3, -0.25) is 14.6 Å². The first-order valence-electron chi connectivity index (χ1n) is 8.80. The number of fused-ring (bicyclic) bond motifs is 1. The minimum atomic E-state index is -4.81. The van der Waals surface area contributed by atoms with Crippen LogP contribution in [0.25, 0.3) is 22.3 Å². The second kappa shape index (κ2) is 7.90. The van der Waals surface area contributed by atoms with Gasteiger partial charge in [-0.05, 0) is 36.4 Å². The van der Waals surface area contributed by atoms with Crippen LogP contribution in [-0.2, 0) is 0 Å². The molecule has 0 aliphatic rings. The Kier molecular flexibility index (Phi) is 5.12. The van der Waals surface area contributed by atoms with Crippen LogP contribution in [-0.4, -0.2) is 22.2 Å². The van der Waals surface area contributed by atoms with Gasteiger partial charge in [-0.2, -0.15) is 0 Å². The Morgan fingerprint density at radius 1 is 1.06 bits per heavy atom. The molecule has 0 spiro atoms. The van der Waals surface area contributed by atoms with Gasteiger partial charge in [0.1, 0.15) is 17.2 Å². The van der Waals surface area contributed by atoms with Gasteiger partial charge in [-0.1, -0.05) is 6.07 Å². The Labute approximate surface area is 172 Å². The van der Waals surface area contributed by atoms with Gasteiger partial charge < -0.3 is 14.5 Å². The predicted molar refractivity (Wildman–Crippen MR) is 105 cm³/mol. The van der Waals surface area contributed by atoms with E-state index in [1.54, 1.807) is 12.1 Å². The Morgan fingerprint density at radius 3 is 2.52 bits per heavy atom. The molecule has 7 nitrogen and oxygen atoms in total. The van der Waals surface area contributed by atoms with E-state index in [4.69, 9.17) is 4.42 Å². The maximum atomic E-state index is 12.6. The van der Waals surface area contributed by atoms with Crippen molar-refractivity contribution in [1.82, 2.24) is 9.97 Å². The quantitative estimate of drug-likeness (QED) is 0.519. The van der Waals surface area contributed by atoms with Crippen molar-refractivity contribution in [2.75, 3.05) is 5.32 Å². The second-order valence-electron chi connectivity index (χ2n) is 6.27. The highest BCUT2D eigenvalue weighted by Crippen LogP contribution is 2.29. The monoisotopic (exact) mass is 427 g/mol. The average Bonchev–Trinajstić information content (AvgIpc) is 2.74. The molecular formula is C21H12F3N3O4. The summed E-state index contributed by atoms with van der Waals surface area (Å²) in [7, 11) is 0. The highest BCUT2D eigenvalue weighted by molar-refractivity contribution is 6.06. The molecule has 0 atom stereocenters. The molecule has 0 saturated carbocycles. The van der Waals surface area contributed by atoms with E-state index in [1.807, 2.05) is 0 Å². The largest absolute Gasteiger partial charge is 0.573 e. The number of halogens is 3. The Hall–Kier alpha value is -4.21. The summed E-state index contributed by atoms with van der Waals surface area (Å²) in [5, 5.41) is 2.84. The van der Waals surface area contributed by atoms with Crippen molar-refractivity contribution in [3.05, 3.63) is 83.0 Å². The molecule has 4 rings (SSSR count). The first-order valence-corrected chi connectivity index (χ1v) is 8.80. The number of carbonyl (C=O) groups is 1. The van der Waals surface area contributed by atoms with Crippen molar-refractivity contribution in [2.45, 2.75) is 6.36 Å². The minimum Gasteiger partial charge on any atom is -0.454 e. The summed E-state index contributed by atoms with van der Waals surface area (Å²) in [6.07, 6.45) is -0.743. The molecule has 0 aliphatic heterocycles. The predicted octanol–water partition coefficient (Wildman–Crippen LogP) is 4.40. The number of carbonyl (C=O) groups excluding carboxylic acids is 1. The van der Waals surface area contributed by atoms with Crippen molar-refractivity contribution in [3.63, 3.8) is 0 Å². The Balaban J connectivity index is 1.71. The lowest BCUT2D eigenvalue weighted by Crippen LogP contribution is -2.16. The number of alkyl halides is 3. The number of amides is 1. The van der Waals surface area contributed by atoms with Gasteiger partial charge in [-0.15, -0.1) is 13.2 Å². The molecule has 31 heavy (non-hydrogen) atoms. The zero-order chi connectivity index (χ0) is 22.0. The normalized spacial score (nSPS) is 11.3. The fourth-order valence-electron chi connectivity index (χ4n) is 2.84. The third-order valence-corrected chi connectivity index (χ3v) is 4.17. The van der Waals surface area contributed by atoms with Crippen LogP contribution < -0.4 is 15.5 Å². The summed E-state index contributed by atoms with van der Waals surface area (Å²) in [6.45, 7) is 0. The Morgan fingerprint density at radius 2 is 1.84 bits per heavy atom. The molecule has 156 valence electrons. The molecule has 2 aromatic heterocycles. The summed E-state index contributed by atoms with van der Waals surface area (Å²) in [5.41, 5.74) is 0.367. The molecule has 2 heterocycles. The maximum Gasteiger partial charge on any atom is 0.573 e. The van der Waals surface area contributed by atoms with Crippen LogP contribution in [0.5, 0.6) is 5.75 Å². The molecule has 0 aliphatic carbocycles. The number of anilines is 1. The summed E-state index contributed by atoms with van der Waals surface area (Å²) in [6, 6.07) is 10.7. The smallest absolute Gasteiger partial charge is 0.454 e. The van der Waals surface area contributed by atoms with Crippen LogP contribution in [0, 0.1) is 0 Å². The second-order valence-corrected chi connectivity index (χ2v) is 6.27. The molecule has 1 N–H and O–H groups in total. The molecule has 2 aromatic carbocycles. The number of benzene rings is 2. The minimum absolute atomic E-state index is 0.0678. The highest BCUT2D eigenvalue weighted by atomic mass is 19.4. The molecule has 0 radical (unpaired) electrons. The molecule has 1 amide bonds. The number of aromatic nitrogens is 2. The van der Waals surface area contributed by atoms with Gasteiger partial charge in [0.2, 0.25) is 0 Å². The third kappa shape index (κ3) is 4.53. The number of nitrogens with one attached hydrogen (secondary N) is 1. The van der Waals surface area contributed by atoms with Crippen LogP contribution in [0.4, 0.5) is 18.9 Å². The lowest BCUT2D eigenvalue weighted by atomic mass is 10.1. The topological polar surface area (TPSA) is 94.3 Å². The van der Waals surface area contributed by atoms with Gasteiger partial charge in [-0.25, -0.2) is 4.98 Å². The molecule has 0 bridgehead atoms. The van der Waals surface area contributed by atoms with Crippen molar-refractivity contribution in [2.24, 2.45) is 0 Å². The fourth-order valence-corrected chi connectivity index (χ4v) is 2.84. The summed E-state index contributed by atoms with van der Waals surface area (Å²) < 4.78 is 46.7. The molecular weight excluding hydrogens is 415 g/mol. The summed E-state index contributed by atoms with van der Waals surface area (Å²) in [5.74, 6) is -0.851. The van der Waals surface area contributed by atoms with E-state index < -0.39 is 18.0 Å². The fraction of sp³-hybridized carbons (Fsp3) is 0.0476. The van der Waals surface area contributed by atoms with Crippen molar-refractivity contribution >= 4 is 22.6 Å². The van der Waals surface area contributed by atoms with E-state index in [9.17, 15) is 22.8 Å². The highest BCUT2D eigenvalue weighted by Gasteiger charge is 2.31. The van der Waals surface area contributed by atoms with Gasteiger partial charge in [0, 0.05) is 24.0 Å². The van der Waals surface area contributed by atoms with Crippen molar-refractivity contribution in [1.29, 1.82) is 0 Å². The first-order chi connectivity index (χ1) is 14.8. The molecule has 10 heteroatoms. The average molecular weight is 427 g/mol. The zero-order valence-electron chi connectivity index (χ0n) is 15.5. The lowest BCUT2D eigenvalue weighted by molar-refractivity contribution is -0.274. The zero-order valence-corrected chi connectivity index (χ0v) is 15.5. The first kappa shape index (κ1) is 20.1. The summed E-state index contributed by atoms with van der Waals surface area (Å²) in [4.78, 5) is 32.7. The third-order valence-electron chi connectivity index (χ3n) is 4.17. The number of para-hydroxylation sites is 1. The van der Waals surface area contributed by atoms with Crippen LogP contribution in [0.1, 0.15) is 10.5 Å². The number of nitrogens with zero attached hydrogens (tertiary/aromatic N) is 2. The van der Waals surface area contributed by atoms with Crippen LogP contribution in [0.2, 0.25) is 0 Å². The van der Waals surface area contributed by atoms with Gasteiger partial charge in [0.25, 0.3) is 5.91 Å². The molecule has 4 aromatic rings. The number of hydrogen-bond acceptors (Lipinski definition) is 6. The van der Waals surface area contributed by atoms with E-state index in [2.05, 4.69) is 20.0 Å². The van der Waals surface area contributed by atoms with E-state index in [1.165, 1.54) is 42.9 Å². The number of rotatable bonds is 4. The lowest BCUT2D eigenvalue weighted by Gasteiger charge is -2.10. The standard InChI is InChI=1S/C21H12F3N3O4/c22-21(23,24)31-13-6-4-12(5-7-13)18-10-17(28)14-2-1-3-15(19(14)30-18)27-20(29)16-11-25-8-9-26-16/h1-11H,(H,27,29). The van der Waals surface area contributed by atoms with E-state index in [-0.39, 0.29) is 33.5 Å². The van der Waals surface area contributed by atoms with E-state index >= 15 is 0 Å². The van der Waals surface area contributed by atoms with Crippen LogP contribution in [0.15, 0.2) is 76.3 Å². The Bertz CT molecular complexity index is 1300. The van der Waals surface area contributed by atoms with Gasteiger partial charge >= 0.3 is 6.36 Å². The van der Waals surface area contributed by atoms with Gasteiger partial charge in [0.05, 0.1) is 17.3 Å². The number of ether oxygens (including phenoxy) is 1. The maximum absolute atomic E-state index is 12.6. The molecule has 0 saturated heterocycles. The SMILES string of the molecule is O=C(Nc1cccc2c(=O)cc(-c3ccc(OC(F)(F)F)cc3)oc12)c1cnccn1. The number of hydrogen-bond donors (Lipinski definition) is 1. The van der Waals surface area contributed by atoms with Crippen molar-refractivity contribution in [3.8, 4) is 17.1 Å². The van der Waals surface area contributed by atoms with Crippen LogP contribution in [0.3, 0.4) is 0 Å².